The summed E-state index contributed by atoms with van der Waals surface area (Å²) >= 11 is 0. The average Bonchev–Trinajstić information content (AvgIpc) is 2.46. The van der Waals surface area contributed by atoms with E-state index in [-0.39, 0.29) is 5.97 Å². The van der Waals surface area contributed by atoms with Gasteiger partial charge in [-0.05, 0) is 31.0 Å². The number of hydrogen-bond acceptors (Lipinski definition) is 4. The minimum atomic E-state index is -0.259. The van der Waals surface area contributed by atoms with E-state index in [4.69, 9.17) is 9.47 Å². The highest BCUT2D eigenvalue weighted by Crippen LogP contribution is 2.11. The van der Waals surface area contributed by atoms with Crippen LogP contribution < -0.4 is 10.1 Å². The normalized spacial score (nSPS) is 11.2. The van der Waals surface area contributed by atoms with Crippen molar-refractivity contribution in [3.63, 3.8) is 0 Å². The van der Waals surface area contributed by atoms with Gasteiger partial charge in [-0.15, -0.1) is 0 Å². The van der Waals surface area contributed by atoms with Crippen LogP contribution in [0.2, 0.25) is 0 Å². The SMILES string of the molecule is CC/C(=C/CNCCOc1cccc(C)c1)C(=O)OC. The molecule has 4 heteroatoms. The molecule has 1 aromatic rings. The summed E-state index contributed by atoms with van der Waals surface area (Å²) < 4.78 is 10.3. The Morgan fingerprint density at radius 1 is 1.40 bits per heavy atom. The highest BCUT2D eigenvalue weighted by molar-refractivity contribution is 5.88. The van der Waals surface area contributed by atoms with E-state index in [0.717, 1.165) is 12.3 Å². The highest BCUT2D eigenvalue weighted by Gasteiger charge is 2.05. The lowest BCUT2D eigenvalue weighted by Crippen LogP contribution is -2.21. The van der Waals surface area contributed by atoms with Crippen LogP contribution in [0.25, 0.3) is 0 Å². The molecular weight excluding hydrogens is 254 g/mol. The van der Waals surface area contributed by atoms with Crippen LogP contribution in [0.15, 0.2) is 35.9 Å². The molecule has 0 saturated heterocycles. The van der Waals surface area contributed by atoms with Crippen LogP contribution in [0.3, 0.4) is 0 Å². The van der Waals surface area contributed by atoms with Crippen LogP contribution >= 0.6 is 0 Å². The number of methoxy groups -OCH3 is 1. The van der Waals surface area contributed by atoms with Crippen molar-refractivity contribution in [2.45, 2.75) is 20.3 Å². The van der Waals surface area contributed by atoms with Gasteiger partial charge >= 0.3 is 5.97 Å². The fraction of sp³-hybridized carbons (Fsp3) is 0.438. The molecule has 0 radical (unpaired) electrons. The first-order chi connectivity index (χ1) is 9.67. The molecule has 0 saturated carbocycles. The second-order valence-corrected chi connectivity index (χ2v) is 4.44. The second kappa shape index (κ2) is 9.15. The zero-order chi connectivity index (χ0) is 14.8. The summed E-state index contributed by atoms with van der Waals surface area (Å²) in [5.74, 6) is 0.622. The second-order valence-electron chi connectivity index (χ2n) is 4.44. The van der Waals surface area contributed by atoms with E-state index < -0.39 is 0 Å². The summed E-state index contributed by atoms with van der Waals surface area (Å²) in [4.78, 5) is 11.3. The predicted octanol–water partition coefficient (Wildman–Crippen LogP) is 2.47. The number of carbonyl (C=O) groups is 1. The van der Waals surface area contributed by atoms with Gasteiger partial charge in [-0.25, -0.2) is 4.79 Å². The van der Waals surface area contributed by atoms with E-state index in [1.807, 2.05) is 44.2 Å². The van der Waals surface area contributed by atoms with E-state index in [0.29, 0.717) is 25.1 Å². The summed E-state index contributed by atoms with van der Waals surface area (Å²) in [5.41, 5.74) is 1.88. The van der Waals surface area contributed by atoms with Gasteiger partial charge in [0.05, 0.1) is 7.11 Å². The molecule has 1 aromatic carbocycles. The van der Waals surface area contributed by atoms with Gasteiger partial charge in [0.1, 0.15) is 12.4 Å². The Labute approximate surface area is 120 Å². The molecule has 0 aliphatic heterocycles. The van der Waals surface area contributed by atoms with Crippen LogP contribution in [0, 0.1) is 6.92 Å². The third-order valence-electron chi connectivity index (χ3n) is 2.86. The van der Waals surface area contributed by atoms with Crippen molar-refractivity contribution < 1.29 is 14.3 Å². The highest BCUT2D eigenvalue weighted by atomic mass is 16.5. The molecule has 20 heavy (non-hydrogen) atoms. The number of nitrogens with one attached hydrogen (secondary N) is 1. The molecule has 0 spiro atoms. The Morgan fingerprint density at radius 3 is 2.85 bits per heavy atom. The molecule has 0 amide bonds. The zero-order valence-electron chi connectivity index (χ0n) is 12.4. The minimum absolute atomic E-state index is 0.259. The number of esters is 1. The monoisotopic (exact) mass is 277 g/mol. The van der Waals surface area contributed by atoms with E-state index in [1.54, 1.807) is 0 Å². The van der Waals surface area contributed by atoms with Gasteiger partial charge in [0.25, 0.3) is 0 Å². The molecule has 0 aliphatic carbocycles. The van der Waals surface area contributed by atoms with Gasteiger partial charge in [-0.1, -0.05) is 25.1 Å². The first-order valence-electron chi connectivity index (χ1n) is 6.85. The van der Waals surface area contributed by atoms with Crippen LogP contribution in [0.1, 0.15) is 18.9 Å². The molecule has 1 N–H and O–H groups in total. The third kappa shape index (κ3) is 5.89. The first-order valence-corrected chi connectivity index (χ1v) is 6.85. The van der Waals surface area contributed by atoms with Crippen molar-refractivity contribution in [2.75, 3.05) is 26.8 Å². The summed E-state index contributed by atoms with van der Waals surface area (Å²) in [6.45, 7) is 5.92. The molecule has 1 rings (SSSR count). The Bertz CT molecular complexity index is 455. The number of carbonyl (C=O) groups excluding carboxylic acids is 1. The number of rotatable bonds is 8. The Balaban J connectivity index is 2.22. The quantitative estimate of drug-likeness (QED) is 0.450. The number of aryl methyl sites for hydroxylation is 1. The molecule has 110 valence electrons. The van der Waals surface area contributed by atoms with E-state index in [1.165, 1.54) is 12.7 Å². The van der Waals surface area contributed by atoms with Crippen LogP contribution in [-0.4, -0.2) is 32.8 Å². The molecule has 0 heterocycles. The van der Waals surface area contributed by atoms with Crippen LogP contribution in [0.4, 0.5) is 0 Å². The van der Waals surface area contributed by atoms with Crippen molar-refractivity contribution in [1.29, 1.82) is 0 Å². The summed E-state index contributed by atoms with van der Waals surface area (Å²) in [6.07, 6.45) is 2.53. The lowest BCUT2D eigenvalue weighted by molar-refractivity contribution is -0.136. The van der Waals surface area contributed by atoms with Gasteiger partial charge in [-0.3, -0.25) is 0 Å². The molecule has 0 aromatic heterocycles. The van der Waals surface area contributed by atoms with E-state index in [2.05, 4.69) is 5.32 Å². The maximum Gasteiger partial charge on any atom is 0.333 e. The molecule has 0 bridgehead atoms. The number of ether oxygens (including phenoxy) is 2. The smallest absolute Gasteiger partial charge is 0.333 e. The van der Waals surface area contributed by atoms with Crippen molar-refractivity contribution in [2.24, 2.45) is 0 Å². The first kappa shape index (κ1) is 16.2. The fourth-order valence-corrected chi connectivity index (χ4v) is 1.75. The molecular formula is C16H23NO3. The van der Waals surface area contributed by atoms with Crippen molar-refractivity contribution in [1.82, 2.24) is 5.32 Å². The zero-order valence-corrected chi connectivity index (χ0v) is 12.4. The topological polar surface area (TPSA) is 47.6 Å². The molecule has 0 aliphatic rings. The van der Waals surface area contributed by atoms with Gasteiger partial charge in [0.15, 0.2) is 0 Å². The van der Waals surface area contributed by atoms with E-state index >= 15 is 0 Å². The Hall–Kier alpha value is -1.81. The van der Waals surface area contributed by atoms with Crippen molar-refractivity contribution in [3.05, 3.63) is 41.5 Å². The van der Waals surface area contributed by atoms with Crippen LogP contribution in [0.5, 0.6) is 5.75 Å². The fourth-order valence-electron chi connectivity index (χ4n) is 1.75. The average molecular weight is 277 g/mol. The summed E-state index contributed by atoms with van der Waals surface area (Å²) in [7, 11) is 1.40. The lowest BCUT2D eigenvalue weighted by atomic mass is 10.2. The molecule has 0 fully saturated rings. The predicted molar refractivity (Wildman–Crippen MR) is 79.9 cm³/mol. The molecule has 0 atom stereocenters. The van der Waals surface area contributed by atoms with Gasteiger partial charge < -0.3 is 14.8 Å². The standard InChI is InChI=1S/C16H23NO3/c1-4-14(16(18)19-3)8-9-17-10-11-20-15-7-5-6-13(2)12-15/h5-8,12,17H,4,9-11H2,1-3H3/b14-8-. The van der Waals surface area contributed by atoms with Crippen molar-refractivity contribution in [3.8, 4) is 5.75 Å². The van der Waals surface area contributed by atoms with Crippen LogP contribution in [-0.2, 0) is 9.53 Å². The maximum atomic E-state index is 11.3. The largest absolute Gasteiger partial charge is 0.492 e. The Morgan fingerprint density at radius 2 is 2.20 bits per heavy atom. The third-order valence-corrected chi connectivity index (χ3v) is 2.86. The van der Waals surface area contributed by atoms with Gasteiger partial charge in [0.2, 0.25) is 0 Å². The minimum Gasteiger partial charge on any atom is -0.492 e. The molecule has 4 nitrogen and oxygen atoms in total. The van der Waals surface area contributed by atoms with Gasteiger partial charge in [0, 0.05) is 18.7 Å². The maximum absolute atomic E-state index is 11.3. The summed E-state index contributed by atoms with van der Waals surface area (Å²) in [6, 6.07) is 7.96. The molecule has 0 unspecified atom stereocenters. The number of hydrogen-bond donors (Lipinski definition) is 1. The summed E-state index contributed by atoms with van der Waals surface area (Å²) in [5, 5.41) is 3.20. The Kier molecular flexibility index (Phi) is 7.43. The number of benzene rings is 1. The van der Waals surface area contributed by atoms with E-state index in [9.17, 15) is 4.79 Å². The van der Waals surface area contributed by atoms with Crippen molar-refractivity contribution >= 4 is 5.97 Å². The lowest BCUT2D eigenvalue weighted by Gasteiger charge is -2.07. The van der Waals surface area contributed by atoms with Gasteiger partial charge in [-0.2, -0.15) is 0 Å².